The van der Waals surface area contributed by atoms with Crippen molar-refractivity contribution in [1.29, 1.82) is 0 Å². The quantitative estimate of drug-likeness (QED) is 0.133. The van der Waals surface area contributed by atoms with Crippen LogP contribution in [0.25, 0.3) is 12.2 Å². The lowest BCUT2D eigenvalue weighted by Gasteiger charge is -2.01. The summed E-state index contributed by atoms with van der Waals surface area (Å²) in [5.41, 5.74) is 0.360. The van der Waals surface area contributed by atoms with Gasteiger partial charge in [0.1, 0.15) is 11.5 Å². The van der Waals surface area contributed by atoms with E-state index in [4.69, 9.17) is 9.47 Å². The number of rotatable bonds is 10. The molecule has 0 aliphatic carbocycles. The lowest BCUT2D eigenvalue weighted by molar-refractivity contribution is -0.385. The van der Waals surface area contributed by atoms with E-state index >= 15 is 0 Å². The lowest BCUT2D eigenvalue weighted by Crippen LogP contribution is -2.08. The molecule has 41 heavy (non-hydrogen) atoms. The molecule has 0 radical (unpaired) electrons. The average Bonchev–Trinajstić information content (AvgIpc) is 2.91. The second kappa shape index (κ2) is 15.4. The molecule has 13 heteroatoms. The molecule has 0 saturated carbocycles. The fourth-order valence-corrected chi connectivity index (χ4v) is 3.74. The largest absolute Gasteiger partial charge is 0.463 e. The lowest BCUT2D eigenvalue weighted by atomic mass is 10.1. The number of carbonyl (C=O) groups excluding carboxylic acids is 2. The van der Waals surface area contributed by atoms with Crippen LogP contribution in [0.15, 0.2) is 48.6 Å². The summed E-state index contributed by atoms with van der Waals surface area (Å²) in [5, 5.41) is 22.3. The number of non-ortho nitro benzene ring substituents is 2. The fraction of sp³-hybridized carbons (Fsp3) is 0.214. The van der Waals surface area contributed by atoms with Crippen LogP contribution >= 0.6 is 0 Å². The van der Waals surface area contributed by atoms with Crippen molar-refractivity contribution < 1.29 is 37.3 Å². The van der Waals surface area contributed by atoms with Crippen molar-refractivity contribution in [2.24, 2.45) is 0 Å². The third kappa shape index (κ3) is 10.8. The first-order chi connectivity index (χ1) is 19.5. The molecular weight excluding hydrogens is 556 g/mol. The first kappa shape index (κ1) is 31.9. The minimum atomic E-state index is -3.87. The molecule has 0 aliphatic heterocycles. The van der Waals surface area contributed by atoms with E-state index in [2.05, 4.69) is 23.7 Å². The number of nitro benzene ring substituents is 2. The Morgan fingerprint density at radius 1 is 0.780 bits per heavy atom. The Balaban J connectivity index is 2.29. The summed E-state index contributed by atoms with van der Waals surface area (Å²) >= 11 is 0. The van der Waals surface area contributed by atoms with Gasteiger partial charge in [-0.3, -0.25) is 20.2 Å². The molecule has 0 fully saturated rings. The molecule has 2 aromatic carbocycles. The van der Waals surface area contributed by atoms with Crippen LogP contribution in [-0.4, -0.2) is 54.9 Å². The molecule has 0 saturated heterocycles. The van der Waals surface area contributed by atoms with Crippen molar-refractivity contribution in [2.75, 3.05) is 24.7 Å². The van der Waals surface area contributed by atoms with E-state index in [0.29, 0.717) is 11.1 Å². The van der Waals surface area contributed by atoms with E-state index in [0.717, 1.165) is 24.3 Å². The number of hydrogen-bond acceptors (Lipinski definition) is 10. The Bertz CT molecular complexity index is 1520. The summed E-state index contributed by atoms with van der Waals surface area (Å²) in [6.45, 7) is 3.57. The maximum absolute atomic E-state index is 12.5. The zero-order valence-electron chi connectivity index (χ0n) is 22.0. The van der Waals surface area contributed by atoms with Gasteiger partial charge in [-0.05, 0) is 49.3 Å². The molecule has 2 rings (SSSR count). The van der Waals surface area contributed by atoms with Gasteiger partial charge >= 0.3 is 11.9 Å². The highest BCUT2D eigenvalue weighted by Crippen LogP contribution is 2.20. The number of sulfone groups is 1. The molecular formula is C28H24N2O10S. The second-order valence-corrected chi connectivity index (χ2v) is 9.93. The van der Waals surface area contributed by atoms with Gasteiger partial charge in [0.2, 0.25) is 0 Å². The van der Waals surface area contributed by atoms with Crippen LogP contribution in [0.5, 0.6) is 0 Å². The van der Waals surface area contributed by atoms with Gasteiger partial charge in [0.15, 0.2) is 9.84 Å². The summed E-state index contributed by atoms with van der Waals surface area (Å²) in [7, 11) is -3.87. The van der Waals surface area contributed by atoms with E-state index in [9.17, 15) is 38.2 Å². The van der Waals surface area contributed by atoms with Gasteiger partial charge in [-0.15, -0.1) is 0 Å². The maximum atomic E-state index is 12.5. The molecule has 0 aliphatic rings. The number of nitrogens with zero attached hydrogens (tertiary/aromatic N) is 2. The number of nitro groups is 2. The average molecular weight is 581 g/mol. The smallest absolute Gasteiger partial charge is 0.330 e. The summed E-state index contributed by atoms with van der Waals surface area (Å²) < 4.78 is 34.7. The first-order valence-corrected chi connectivity index (χ1v) is 13.7. The monoisotopic (exact) mass is 580 g/mol. The normalized spacial score (nSPS) is 10.8. The highest BCUT2D eigenvalue weighted by atomic mass is 32.2. The number of carbonyl (C=O) groups is 2. The number of hydrogen-bond donors (Lipinski definition) is 0. The minimum absolute atomic E-state index is 0.121. The summed E-state index contributed by atoms with van der Waals surface area (Å²) in [6.07, 6.45) is 4.93. The molecule has 12 nitrogen and oxygen atoms in total. The molecule has 0 aromatic heterocycles. The van der Waals surface area contributed by atoms with E-state index < -0.39 is 43.1 Å². The Morgan fingerprint density at radius 2 is 1.17 bits per heavy atom. The third-order valence-electron chi connectivity index (χ3n) is 4.90. The van der Waals surface area contributed by atoms with E-state index in [1.165, 1.54) is 36.4 Å². The number of benzene rings is 2. The zero-order chi connectivity index (χ0) is 30.4. The molecule has 0 amide bonds. The highest BCUT2D eigenvalue weighted by molar-refractivity contribution is 7.91. The minimum Gasteiger partial charge on any atom is -0.463 e. The van der Waals surface area contributed by atoms with Crippen LogP contribution in [0.1, 0.15) is 36.1 Å². The molecule has 0 atom stereocenters. The standard InChI is InChI=1S/C28H24N2O10S/c1-3-39-27(31)15-11-21-9-13-25(29(33)34)19-23(21)7-5-17-41(37,38)18-6-8-24-20-26(30(35)36)14-10-22(24)12-16-28(32)40-4-2/h9-16,19-20H,3-4,17-18H2,1-2H3/b15-11+,16-12+. The van der Waals surface area contributed by atoms with Crippen molar-refractivity contribution in [1.82, 2.24) is 0 Å². The fourth-order valence-electron chi connectivity index (χ4n) is 3.05. The van der Waals surface area contributed by atoms with Crippen molar-refractivity contribution in [3.8, 4) is 23.7 Å². The van der Waals surface area contributed by atoms with Crippen LogP contribution < -0.4 is 0 Å². The maximum Gasteiger partial charge on any atom is 0.330 e. The van der Waals surface area contributed by atoms with Crippen molar-refractivity contribution in [3.63, 3.8) is 0 Å². The van der Waals surface area contributed by atoms with Crippen molar-refractivity contribution in [2.45, 2.75) is 13.8 Å². The van der Waals surface area contributed by atoms with Crippen LogP contribution in [-0.2, 0) is 28.9 Å². The van der Waals surface area contributed by atoms with Crippen molar-refractivity contribution in [3.05, 3.63) is 91.0 Å². The topological polar surface area (TPSA) is 173 Å². The Kier molecular flexibility index (Phi) is 12.0. The van der Waals surface area contributed by atoms with Crippen LogP contribution in [0.2, 0.25) is 0 Å². The van der Waals surface area contributed by atoms with Gasteiger partial charge in [0, 0.05) is 47.5 Å². The van der Waals surface area contributed by atoms with Gasteiger partial charge < -0.3 is 9.47 Å². The Labute approximate surface area is 235 Å². The van der Waals surface area contributed by atoms with Gasteiger partial charge in [0.05, 0.1) is 23.1 Å². The Hall–Kier alpha value is -5.27. The van der Waals surface area contributed by atoms with Gasteiger partial charge in [-0.25, -0.2) is 18.0 Å². The Morgan fingerprint density at radius 3 is 1.51 bits per heavy atom. The first-order valence-electron chi connectivity index (χ1n) is 11.9. The predicted octanol–water partition coefficient (Wildman–Crippen LogP) is 3.47. The molecule has 0 spiro atoms. The second-order valence-electron chi connectivity index (χ2n) is 7.86. The highest BCUT2D eigenvalue weighted by Gasteiger charge is 2.11. The molecule has 0 heterocycles. The predicted molar refractivity (Wildman–Crippen MR) is 150 cm³/mol. The van der Waals surface area contributed by atoms with Gasteiger partial charge in [-0.2, -0.15) is 0 Å². The van der Waals surface area contributed by atoms with Gasteiger partial charge in [0.25, 0.3) is 11.4 Å². The van der Waals surface area contributed by atoms with Crippen LogP contribution in [0, 0.1) is 43.9 Å². The van der Waals surface area contributed by atoms with Crippen molar-refractivity contribution >= 4 is 45.3 Å². The van der Waals surface area contributed by atoms with E-state index in [-0.39, 0.29) is 35.7 Å². The van der Waals surface area contributed by atoms with Crippen LogP contribution in [0.4, 0.5) is 11.4 Å². The summed E-state index contributed by atoms with van der Waals surface area (Å²) in [4.78, 5) is 44.3. The zero-order valence-corrected chi connectivity index (χ0v) is 22.8. The van der Waals surface area contributed by atoms with E-state index in [1.54, 1.807) is 13.8 Å². The molecule has 0 N–H and O–H groups in total. The SMILES string of the molecule is CCOC(=O)/C=C/c1ccc([N+](=O)[O-])cc1C#CCS(=O)(=O)CC#Cc1cc([N+](=O)[O-])ccc1/C=C/C(=O)OCC. The molecule has 2 aromatic rings. The van der Waals surface area contributed by atoms with Crippen LogP contribution in [0.3, 0.4) is 0 Å². The summed E-state index contributed by atoms with van der Waals surface area (Å²) in [5.74, 6) is 7.54. The van der Waals surface area contributed by atoms with Gasteiger partial charge in [-0.1, -0.05) is 23.7 Å². The molecule has 212 valence electrons. The molecule has 0 bridgehead atoms. The third-order valence-corrected chi connectivity index (χ3v) is 6.07. The van der Waals surface area contributed by atoms with E-state index in [1.807, 2.05) is 0 Å². The number of ether oxygens (including phenoxy) is 2. The number of esters is 2. The summed E-state index contributed by atoms with van der Waals surface area (Å²) in [6, 6.07) is 7.46. The molecule has 0 unspecified atom stereocenters.